The van der Waals surface area contributed by atoms with Gasteiger partial charge in [0.25, 0.3) is 0 Å². The Bertz CT molecular complexity index is 914. The zero-order valence-electron chi connectivity index (χ0n) is 14.2. The van der Waals surface area contributed by atoms with Gasteiger partial charge in [-0.05, 0) is 22.7 Å². The molecule has 0 radical (unpaired) electrons. The first kappa shape index (κ1) is 18.9. The van der Waals surface area contributed by atoms with E-state index in [2.05, 4.69) is 15.0 Å². The summed E-state index contributed by atoms with van der Waals surface area (Å²) >= 11 is 2.30. The summed E-state index contributed by atoms with van der Waals surface area (Å²) in [6.07, 6.45) is 0. The zero-order valence-corrected chi connectivity index (χ0v) is 15.8. The normalized spacial score (nSPS) is 10.4. The fourth-order valence-electron chi connectivity index (χ4n) is 2.30. The van der Waals surface area contributed by atoms with E-state index in [1.807, 2.05) is 60.7 Å². The third-order valence-electron chi connectivity index (χ3n) is 3.62. The molecule has 138 valence electrons. The lowest BCUT2D eigenvalue weighted by Gasteiger charge is -2.07. The SMILES string of the molecule is O=C(NCc1ccccc1)Nc1snc(SCc2ccccc2)c1C(=O)O. The van der Waals surface area contributed by atoms with Crippen molar-refractivity contribution in [3.8, 4) is 0 Å². The third kappa shape index (κ3) is 5.32. The van der Waals surface area contributed by atoms with E-state index in [0.29, 0.717) is 17.3 Å². The van der Waals surface area contributed by atoms with Crippen molar-refractivity contribution in [1.29, 1.82) is 0 Å². The minimum atomic E-state index is -1.11. The van der Waals surface area contributed by atoms with E-state index < -0.39 is 12.0 Å². The maximum absolute atomic E-state index is 12.1. The van der Waals surface area contributed by atoms with Crippen LogP contribution in [0.15, 0.2) is 65.7 Å². The van der Waals surface area contributed by atoms with Crippen LogP contribution in [0.1, 0.15) is 21.5 Å². The summed E-state index contributed by atoms with van der Waals surface area (Å²) in [6, 6.07) is 18.7. The van der Waals surface area contributed by atoms with Crippen molar-refractivity contribution in [2.45, 2.75) is 17.3 Å². The number of aromatic carboxylic acids is 1. The lowest BCUT2D eigenvalue weighted by atomic mass is 10.2. The van der Waals surface area contributed by atoms with Crippen LogP contribution in [0.2, 0.25) is 0 Å². The number of carbonyl (C=O) groups excluding carboxylic acids is 1. The van der Waals surface area contributed by atoms with E-state index in [1.54, 1.807) is 0 Å². The molecule has 2 amide bonds. The van der Waals surface area contributed by atoms with Crippen LogP contribution in [-0.4, -0.2) is 21.5 Å². The molecule has 2 aromatic carbocycles. The van der Waals surface area contributed by atoms with Crippen molar-refractivity contribution in [2.24, 2.45) is 0 Å². The molecule has 0 saturated carbocycles. The Morgan fingerprint density at radius 2 is 1.63 bits per heavy atom. The number of carboxylic acids is 1. The number of anilines is 1. The second-order valence-electron chi connectivity index (χ2n) is 5.56. The van der Waals surface area contributed by atoms with E-state index >= 15 is 0 Å². The maximum atomic E-state index is 12.1. The first-order chi connectivity index (χ1) is 13.1. The Hall–Kier alpha value is -2.84. The number of urea groups is 1. The Morgan fingerprint density at radius 1 is 1.00 bits per heavy atom. The average Bonchev–Trinajstić information content (AvgIpc) is 3.09. The molecule has 0 saturated heterocycles. The van der Waals surface area contributed by atoms with Gasteiger partial charge >= 0.3 is 12.0 Å². The van der Waals surface area contributed by atoms with Gasteiger partial charge in [0.2, 0.25) is 0 Å². The summed E-state index contributed by atoms with van der Waals surface area (Å²) in [5, 5.41) is 15.5. The van der Waals surface area contributed by atoms with Crippen LogP contribution in [-0.2, 0) is 12.3 Å². The Kier molecular flexibility index (Phi) is 6.45. The van der Waals surface area contributed by atoms with Crippen LogP contribution >= 0.6 is 23.3 Å². The average molecular weight is 399 g/mol. The number of carbonyl (C=O) groups is 2. The van der Waals surface area contributed by atoms with Crippen LogP contribution in [0.4, 0.5) is 9.80 Å². The molecule has 0 aliphatic rings. The van der Waals surface area contributed by atoms with Gasteiger partial charge in [0.05, 0.1) is 0 Å². The molecule has 0 aliphatic carbocycles. The van der Waals surface area contributed by atoms with Gasteiger partial charge in [-0.1, -0.05) is 72.4 Å². The van der Waals surface area contributed by atoms with Gasteiger partial charge in [0.15, 0.2) is 0 Å². The molecule has 0 unspecified atom stereocenters. The van der Waals surface area contributed by atoms with E-state index in [-0.39, 0.29) is 10.6 Å². The number of nitrogens with one attached hydrogen (secondary N) is 2. The Morgan fingerprint density at radius 3 is 2.26 bits per heavy atom. The van der Waals surface area contributed by atoms with Gasteiger partial charge in [-0.25, -0.2) is 9.59 Å². The second-order valence-corrected chi connectivity index (χ2v) is 7.30. The van der Waals surface area contributed by atoms with Gasteiger partial charge in [-0.3, -0.25) is 5.32 Å². The summed E-state index contributed by atoms with van der Waals surface area (Å²) in [6.45, 7) is 0.351. The molecular formula is C19H17N3O3S2. The fraction of sp³-hybridized carbons (Fsp3) is 0.105. The van der Waals surface area contributed by atoms with E-state index in [9.17, 15) is 14.7 Å². The zero-order chi connectivity index (χ0) is 19.1. The summed E-state index contributed by atoms with van der Waals surface area (Å²) in [5.74, 6) is -0.512. The summed E-state index contributed by atoms with van der Waals surface area (Å²) < 4.78 is 4.21. The van der Waals surface area contributed by atoms with Crippen molar-refractivity contribution < 1.29 is 14.7 Å². The highest BCUT2D eigenvalue weighted by atomic mass is 32.2. The van der Waals surface area contributed by atoms with Gasteiger partial charge in [-0.2, -0.15) is 4.37 Å². The molecule has 0 spiro atoms. The van der Waals surface area contributed by atoms with Gasteiger partial charge < -0.3 is 10.4 Å². The van der Waals surface area contributed by atoms with Crippen molar-refractivity contribution in [3.63, 3.8) is 0 Å². The van der Waals surface area contributed by atoms with E-state index in [0.717, 1.165) is 22.7 Å². The molecule has 0 bridgehead atoms. The molecule has 1 aromatic heterocycles. The number of aromatic nitrogens is 1. The number of thioether (sulfide) groups is 1. The van der Waals surface area contributed by atoms with Gasteiger partial charge in [0, 0.05) is 12.3 Å². The van der Waals surface area contributed by atoms with E-state index in [1.165, 1.54) is 11.8 Å². The molecule has 27 heavy (non-hydrogen) atoms. The van der Waals surface area contributed by atoms with E-state index in [4.69, 9.17) is 0 Å². The predicted molar refractivity (Wildman–Crippen MR) is 107 cm³/mol. The van der Waals surface area contributed by atoms with Crippen molar-refractivity contribution in [2.75, 3.05) is 5.32 Å². The first-order valence-corrected chi connectivity index (χ1v) is 9.88. The molecule has 3 rings (SSSR count). The van der Waals surface area contributed by atoms with Crippen LogP contribution in [0, 0.1) is 0 Å². The van der Waals surface area contributed by atoms with Crippen LogP contribution < -0.4 is 10.6 Å². The lowest BCUT2D eigenvalue weighted by molar-refractivity contribution is 0.0694. The maximum Gasteiger partial charge on any atom is 0.341 e. The lowest BCUT2D eigenvalue weighted by Crippen LogP contribution is -2.28. The van der Waals surface area contributed by atoms with Crippen LogP contribution in [0.3, 0.4) is 0 Å². The molecular weight excluding hydrogens is 382 g/mol. The van der Waals surface area contributed by atoms with Crippen molar-refractivity contribution in [3.05, 3.63) is 77.4 Å². The van der Waals surface area contributed by atoms with Gasteiger partial charge in [0.1, 0.15) is 15.6 Å². The summed E-state index contributed by atoms with van der Waals surface area (Å²) in [4.78, 5) is 23.8. The monoisotopic (exact) mass is 399 g/mol. The number of hydrogen-bond acceptors (Lipinski definition) is 5. The number of hydrogen-bond donors (Lipinski definition) is 3. The van der Waals surface area contributed by atoms with Crippen LogP contribution in [0.5, 0.6) is 0 Å². The number of rotatable bonds is 7. The smallest absolute Gasteiger partial charge is 0.341 e. The minimum Gasteiger partial charge on any atom is -0.477 e. The molecule has 6 nitrogen and oxygen atoms in total. The second kappa shape index (κ2) is 9.20. The molecule has 8 heteroatoms. The summed E-state index contributed by atoms with van der Waals surface area (Å²) in [7, 11) is 0. The van der Waals surface area contributed by atoms with Crippen molar-refractivity contribution in [1.82, 2.24) is 9.69 Å². The predicted octanol–water partition coefficient (Wildman–Crippen LogP) is 4.46. The topological polar surface area (TPSA) is 91.3 Å². The fourth-order valence-corrected chi connectivity index (χ4v) is 4.20. The number of benzene rings is 2. The highest BCUT2D eigenvalue weighted by molar-refractivity contribution is 7.98. The molecule has 3 aromatic rings. The molecule has 0 fully saturated rings. The molecule has 0 atom stereocenters. The quantitative estimate of drug-likeness (QED) is 0.511. The standard InChI is InChI=1S/C19H17N3O3S2/c23-18(24)15-16(21-19(25)20-11-13-7-3-1-4-8-13)27-22-17(15)26-12-14-9-5-2-6-10-14/h1-10H,11-12H2,(H,23,24)(H2,20,21,25). The molecule has 1 heterocycles. The third-order valence-corrected chi connectivity index (χ3v) is 5.54. The largest absolute Gasteiger partial charge is 0.477 e. The number of carboxylic acid groups (broad SMARTS) is 1. The summed E-state index contributed by atoms with van der Waals surface area (Å²) in [5.41, 5.74) is 2.05. The Balaban J connectivity index is 1.63. The number of nitrogens with zero attached hydrogens (tertiary/aromatic N) is 1. The highest BCUT2D eigenvalue weighted by Gasteiger charge is 2.22. The first-order valence-electron chi connectivity index (χ1n) is 8.12. The molecule has 0 aliphatic heterocycles. The van der Waals surface area contributed by atoms with Gasteiger partial charge in [-0.15, -0.1) is 0 Å². The minimum absolute atomic E-state index is 0.0239. The van der Waals surface area contributed by atoms with Crippen LogP contribution in [0.25, 0.3) is 0 Å². The highest BCUT2D eigenvalue weighted by Crippen LogP contribution is 2.33. The Labute approximate surface area is 164 Å². The molecule has 3 N–H and O–H groups in total. The van der Waals surface area contributed by atoms with Crippen molar-refractivity contribution >= 4 is 40.3 Å². The number of amides is 2.